The first-order chi connectivity index (χ1) is 44.2. The Morgan fingerprint density at radius 3 is 0.538 bits per heavy atom. The highest BCUT2D eigenvalue weighted by Crippen LogP contribution is 2.40. The quantitative estimate of drug-likeness (QED) is 0.0807. The zero-order valence-electron chi connectivity index (χ0n) is 48.7. The molecule has 24 N–H and O–H groups in total. The number of thioether (sulfide) groups is 1. The summed E-state index contributed by atoms with van der Waals surface area (Å²) < 4.78 is 92.2. The van der Waals surface area contributed by atoms with Gasteiger partial charge in [-0.3, -0.25) is 4.79 Å². The number of aliphatic hydroxyl groups is 23. The van der Waals surface area contributed by atoms with E-state index in [1.807, 2.05) is 0 Å². The first kappa shape index (κ1) is 75.5. The minimum absolute atomic E-state index is 0.100. The molecule has 30 rings (SSSR count). The van der Waals surface area contributed by atoms with Crippen molar-refractivity contribution in [1.29, 1.82) is 0 Å². The molecule has 42 heteroatoms. The molecule has 30 heterocycles. The van der Waals surface area contributed by atoms with Crippen LogP contribution < -0.4 is 0 Å². The van der Waals surface area contributed by atoms with Crippen LogP contribution in [0.15, 0.2) is 0 Å². The van der Waals surface area contributed by atoms with Gasteiger partial charge in [0, 0.05) is 11.5 Å². The number of carbonyl (C=O) groups is 1. The molecule has 16 bridgehead atoms. The van der Waals surface area contributed by atoms with Gasteiger partial charge in [-0.2, -0.15) is 11.8 Å². The molecule has 30 aliphatic heterocycles. The molecule has 0 radical (unpaired) electrons. The third kappa shape index (κ3) is 15.8. The van der Waals surface area contributed by atoms with Gasteiger partial charge in [-0.05, 0) is 0 Å². The van der Waals surface area contributed by atoms with Crippen LogP contribution in [0.4, 0.5) is 0 Å². The van der Waals surface area contributed by atoms with E-state index in [-0.39, 0.29) is 11.5 Å². The van der Waals surface area contributed by atoms with Crippen molar-refractivity contribution in [2.24, 2.45) is 0 Å². The molecule has 30 saturated heterocycles. The zero-order valence-corrected chi connectivity index (χ0v) is 49.6. The van der Waals surface area contributed by atoms with Crippen molar-refractivity contribution in [1.82, 2.24) is 0 Å². The minimum atomic E-state index is -2.26. The Morgan fingerprint density at radius 2 is 0.387 bits per heavy atom. The molecule has 0 aromatic rings. The fourth-order valence-corrected chi connectivity index (χ4v) is 13.2. The van der Waals surface area contributed by atoms with Crippen LogP contribution in [0.25, 0.3) is 0 Å². The van der Waals surface area contributed by atoms with Crippen molar-refractivity contribution in [3.05, 3.63) is 0 Å². The van der Waals surface area contributed by atoms with Crippen molar-refractivity contribution in [3.63, 3.8) is 0 Å². The smallest absolute Gasteiger partial charge is 0.304 e. The fourth-order valence-electron chi connectivity index (χ4n) is 12.2. The molecule has 0 aromatic carbocycles. The molecule has 41 nitrogen and oxygen atoms in total. The second-order valence-corrected chi connectivity index (χ2v) is 24.6. The van der Waals surface area contributed by atoms with E-state index in [0.717, 1.165) is 11.8 Å². The molecule has 30 aliphatic rings. The van der Waals surface area contributed by atoms with Gasteiger partial charge in [-0.15, -0.1) is 0 Å². The van der Waals surface area contributed by atoms with Gasteiger partial charge in [0.05, 0.1) is 58.8 Å². The van der Waals surface area contributed by atoms with Crippen molar-refractivity contribution in [2.45, 2.75) is 252 Å². The van der Waals surface area contributed by atoms with E-state index in [0.29, 0.717) is 0 Å². The standard InChI is InChI=1S/C51H84O41S/c52-3-11-36-20(61)28(69)44(77-11)86-37-12(4-53)79-46(30(71)22(37)63)88-39-14(6-55)81-48(32(73)24(39)65)90-41-16(8-57)83-50(34(75)26(41)67)92-43-18(10-93-2-1-19(59)60)84-51(35(76)27(43)68)91-42-17(9-58)82-49(33(74)25(42)66)89-40-15(7-56)80-47(31(72)23(40)64)87-38-13(5-54)78-45(85-36)29(70)21(38)62/h11-18,20-58,61-76H,1-10H2,(H,59,60)/t11?,12?,13?,14?,15?,16?,17?,18?,20?,21?,22?,23?,24?,25?,26?,27?,28?,29?,30?,31?,32?,33?,34?,35?,36-,37-,38-,39-,40-,41-,42-,43-,44-,45-,46-,47-,48-,49-,50-,51-/m1/s1. The Kier molecular flexibility index (Phi) is 26.5. The summed E-state index contributed by atoms with van der Waals surface area (Å²) in [6.45, 7) is -7.62. The predicted molar refractivity (Wildman–Crippen MR) is 284 cm³/mol. The molecule has 0 aromatic heterocycles. The predicted octanol–water partition coefficient (Wildman–Crippen LogP) is -16.2. The van der Waals surface area contributed by atoms with E-state index in [4.69, 9.17) is 75.8 Å². The summed E-state index contributed by atoms with van der Waals surface area (Å²) in [7, 11) is 0. The van der Waals surface area contributed by atoms with Crippen LogP contribution in [-0.2, 0) is 80.6 Å². The Bertz CT molecular complexity index is 2300. The van der Waals surface area contributed by atoms with Gasteiger partial charge in [0.15, 0.2) is 50.3 Å². The molecule has 0 amide bonds. The van der Waals surface area contributed by atoms with Crippen molar-refractivity contribution in [3.8, 4) is 0 Å². The van der Waals surface area contributed by atoms with Crippen LogP contribution in [-0.4, -0.2) is 432 Å². The lowest BCUT2D eigenvalue weighted by atomic mass is 9.95. The lowest BCUT2D eigenvalue weighted by Gasteiger charge is -2.50. The lowest BCUT2D eigenvalue weighted by Crippen LogP contribution is -2.69. The molecule has 40 atom stereocenters. The summed E-state index contributed by atoms with van der Waals surface area (Å²) in [5.41, 5.74) is 0. The first-order valence-corrected chi connectivity index (χ1v) is 30.8. The number of rotatable bonds is 12. The fraction of sp³-hybridized carbons (Fsp3) is 0.980. The van der Waals surface area contributed by atoms with Gasteiger partial charge >= 0.3 is 5.97 Å². The Morgan fingerprint density at radius 1 is 0.237 bits per heavy atom. The number of aliphatic hydroxyl groups excluding tert-OH is 23. The number of hydrogen-bond acceptors (Lipinski definition) is 41. The molecule has 93 heavy (non-hydrogen) atoms. The zero-order chi connectivity index (χ0) is 67.8. The second-order valence-electron chi connectivity index (χ2n) is 23.5. The number of hydrogen-bond donors (Lipinski definition) is 24. The van der Waals surface area contributed by atoms with Crippen molar-refractivity contribution >= 4 is 17.7 Å². The maximum atomic E-state index is 11.7. The average Bonchev–Trinajstić information content (AvgIpc) is 0.790. The Labute approximate surface area is 529 Å². The van der Waals surface area contributed by atoms with Crippen LogP contribution in [0.5, 0.6) is 0 Å². The van der Waals surface area contributed by atoms with Gasteiger partial charge in [0.2, 0.25) is 0 Å². The topological polar surface area (TPSA) is 650 Å². The lowest BCUT2D eigenvalue weighted by molar-refractivity contribution is -0.403. The highest BCUT2D eigenvalue weighted by molar-refractivity contribution is 7.99. The number of carboxylic acids is 1. The van der Waals surface area contributed by atoms with E-state index in [1.54, 1.807) is 0 Å². The molecule has 0 spiro atoms. The van der Waals surface area contributed by atoms with Gasteiger partial charge in [-0.1, -0.05) is 0 Å². The maximum absolute atomic E-state index is 11.7. The van der Waals surface area contributed by atoms with Gasteiger partial charge in [-0.25, -0.2) is 0 Å². The first-order valence-electron chi connectivity index (χ1n) is 29.7. The van der Waals surface area contributed by atoms with E-state index < -0.39 is 304 Å². The van der Waals surface area contributed by atoms with Crippen LogP contribution in [0.1, 0.15) is 6.42 Å². The summed E-state index contributed by atoms with van der Waals surface area (Å²) in [6.07, 6.45) is -82.4. The number of ether oxygens (including phenoxy) is 16. The summed E-state index contributed by atoms with van der Waals surface area (Å²) in [6, 6.07) is 0. The van der Waals surface area contributed by atoms with Gasteiger partial charge < -0.3 is 198 Å². The maximum Gasteiger partial charge on any atom is 0.304 e. The van der Waals surface area contributed by atoms with Crippen LogP contribution >= 0.6 is 11.8 Å². The molecule has 540 valence electrons. The number of aliphatic carboxylic acids is 1. The third-order valence-electron chi connectivity index (χ3n) is 17.5. The van der Waals surface area contributed by atoms with Crippen molar-refractivity contribution in [2.75, 3.05) is 57.8 Å². The molecule has 0 saturated carbocycles. The van der Waals surface area contributed by atoms with Crippen molar-refractivity contribution < 1.29 is 203 Å². The molecule has 0 aliphatic carbocycles. The Balaban J connectivity index is 0.991. The largest absolute Gasteiger partial charge is 0.481 e. The van der Waals surface area contributed by atoms with Crippen LogP contribution in [0.3, 0.4) is 0 Å². The highest BCUT2D eigenvalue weighted by Gasteiger charge is 2.60. The highest BCUT2D eigenvalue weighted by atomic mass is 32.2. The van der Waals surface area contributed by atoms with E-state index in [9.17, 15) is 127 Å². The molecular formula is C51H84O41S. The summed E-state index contributed by atoms with van der Waals surface area (Å²) >= 11 is 0.899. The van der Waals surface area contributed by atoms with E-state index in [2.05, 4.69) is 0 Å². The molecule has 24 unspecified atom stereocenters. The SMILES string of the molecule is O=C(O)CCSCC1O[C@@H]2O[C@@H]3C(CO)O[C@H](O[C@@H]4C(CO)O[C@H](O[C@@H]5C(CO)O[C@H](O[C@@H]6C(CO)O[C@H](O[C@@H]7C(CO)O[C@H](O[C@@H]8C(CO)O[C@H](O[C@@H]9C(CO)O[C@H](O[C@H]1C(O)C2O)C(O)C9O)C(O)C8O)C(O)C7O)C(O)C6O)C(O)C5O)C(O)C4O)C(O)C3O. The van der Waals surface area contributed by atoms with Crippen LogP contribution in [0, 0.1) is 0 Å². The average molecular weight is 1390 g/mol. The number of carboxylic acid groups (broad SMARTS) is 1. The molecule has 30 fully saturated rings. The second kappa shape index (κ2) is 32.7. The van der Waals surface area contributed by atoms with Crippen LogP contribution in [0.2, 0.25) is 0 Å². The van der Waals surface area contributed by atoms with Gasteiger partial charge in [0.1, 0.15) is 189 Å². The third-order valence-corrected chi connectivity index (χ3v) is 18.5. The summed E-state index contributed by atoms with van der Waals surface area (Å²) in [4.78, 5) is 11.4. The van der Waals surface area contributed by atoms with E-state index in [1.165, 1.54) is 0 Å². The van der Waals surface area contributed by atoms with E-state index >= 15 is 0 Å². The van der Waals surface area contributed by atoms with Gasteiger partial charge in [0.25, 0.3) is 0 Å². The molecular weight excluding hydrogens is 1300 g/mol. The summed E-state index contributed by atoms with van der Waals surface area (Å²) in [5.74, 6) is -1.64. The Hall–Kier alpha value is -1.74. The monoisotopic (exact) mass is 1380 g/mol. The normalized spacial score (nSPS) is 53.0. The summed E-state index contributed by atoms with van der Waals surface area (Å²) in [5, 5.41) is 266. The minimum Gasteiger partial charge on any atom is -0.481 e.